The minimum Gasteiger partial charge on any atom is -0.364 e. The summed E-state index contributed by atoms with van der Waals surface area (Å²) in [6, 6.07) is 4.43. The Balaban J connectivity index is 2.29. The van der Waals surface area contributed by atoms with Crippen molar-refractivity contribution in [2.75, 3.05) is 0 Å². The fourth-order valence-electron chi connectivity index (χ4n) is 4.07. The molecule has 1 atom stereocenters. The third kappa shape index (κ3) is 12.2. The van der Waals surface area contributed by atoms with E-state index in [1.807, 2.05) is 0 Å². The number of aromatic amines is 1. The number of hydrogen-bond acceptors (Lipinski definition) is 0. The van der Waals surface area contributed by atoms with Gasteiger partial charge in [0.2, 0.25) is 0 Å². The smallest absolute Gasteiger partial charge is 0.0219 e. The highest BCUT2D eigenvalue weighted by Gasteiger charge is 2.13. The summed E-state index contributed by atoms with van der Waals surface area (Å²) < 4.78 is 0. The number of H-pyrrole nitrogens is 1. The highest BCUT2D eigenvalue weighted by atomic mass is 14.7. The molecule has 0 aliphatic carbocycles. The zero-order chi connectivity index (χ0) is 19.6. The van der Waals surface area contributed by atoms with Crippen molar-refractivity contribution < 1.29 is 0 Å². The van der Waals surface area contributed by atoms with E-state index in [0.29, 0.717) is 5.92 Å². The molecule has 0 amide bonds. The van der Waals surface area contributed by atoms with Crippen molar-refractivity contribution in [3.63, 3.8) is 0 Å². The van der Waals surface area contributed by atoms with Gasteiger partial charge in [-0.15, -0.1) is 0 Å². The fourth-order valence-corrected chi connectivity index (χ4v) is 4.07. The van der Waals surface area contributed by atoms with Crippen molar-refractivity contribution in [1.82, 2.24) is 4.98 Å². The lowest BCUT2D eigenvalue weighted by Crippen LogP contribution is -2.02. The van der Waals surface area contributed by atoms with Crippen molar-refractivity contribution >= 4 is 0 Å². The van der Waals surface area contributed by atoms with Crippen LogP contribution in [0.2, 0.25) is 0 Å². The summed E-state index contributed by atoms with van der Waals surface area (Å²) in [4.78, 5) is 3.48. The summed E-state index contributed by atoms with van der Waals surface area (Å²) in [7, 11) is 0. The van der Waals surface area contributed by atoms with Gasteiger partial charge in [-0.2, -0.15) is 0 Å². The molecule has 0 aliphatic rings. The van der Waals surface area contributed by atoms with Crippen molar-refractivity contribution in [3.8, 4) is 0 Å². The molecule has 156 valence electrons. The Kier molecular flexibility index (Phi) is 15.3. The lowest BCUT2D eigenvalue weighted by molar-refractivity contribution is 0.545. The second kappa shape index (κ2) is 17.1. The number of rotatable bonds is 18. The van der Waals surface area contributed by atoms with Crippen LogP contribution in [0.3, 0.4) is 0 Å². The Hall–Kier alpha value is -0.980. The van der Waals surface area contributed by atoms with Crippen LogP contribution in [0.25, 0.3) is 0 Å². The molecule has 1 heterocycles. The van der Waals surface area contributed by atoms with E-state index in [1.54, 1.807) is 5.57 Å². The first-order valence-corrected chi connectivity index (χ1v) is 12.1. The third-order valence-corrected chi connectivity index (χ3v) is 5.92. The maximum absolute atomic E-state index is 3.48. The van der Waals surface area contributed by atoms with Crippen LogP contribution in [0, 0.1) is 0 Å². The molecule has 0 spiro atoms. The van der Waals surface area contributed by atoms with E-state index in [4.69, 9.17) is 0 Å². The molecule has 0 saturated heterocycles. The summed E-state index contributed by atoms with van der Waals surface area (Å²) in [5, 5.41) is 0. The summed E-state index contributed by atoms with van der Waals surface area (Å²) in [6.45, 7) is 6.94. The van der Waals surface area contributed by atoms with Gasteiger partial charge in [-0.05, 0) is 38.3 Å². The molecule has 1 N–H and O–H groups in total. The van der Waals surface area contributed by atoms with E-state index < -0.39 is 0 Å². The molecule has 27 heavy (non-hydrogen) atoms. The molecule has 1 aromatic rings. The van der Waals surface area contributed by atoms with Crippen molar-refractivity contribution in [2.24, 2.45) is 0 Å². The Morgan fingerprint density at radius 2 is 1.37 bits per heavy atom. The normalized spacial score (nSPS) is 13.2. The average Bonchev–Trinajstić information content (AvgIpc) is 3.20. The molecule has 0 fully saturated rings. The molecule has 1 rings (SSSR count). The first-order valence-electron chi connectivity index (χ1n) is 12.1. The molecule has 0 radical (unpaired) electrons. The minimum atomic E-state index is 0.597. The van der Waals surface area contributed by atoms with Crippen molar-refractivity contribution in [2.45, 2.75) is 129 Å². The van der Waals surface area contributed by atoms with Crippen LogP contribution in [-0.2, 0) is 0 Å². The van der Waals surface area contributed by atoms with E-state index in [9.17, 15) is 0 Å². The highest BCUT2D eigenvalue weighted by Crippen LogP contribution is 2.29. The van der Waals surface area contributed by atoms with Crippen LogP contribution >= 0.6 is 0 Å². The number of aromatic nitrogens is 1. The van der Waals surface area contributed by atoms with Gasteiger partial charge in [0.15, 0.2) is 0 Å². The molecular weight excluding hydrogens is 326 g/mol. The Bertz CT molecular complexity index is 443. The number of nitrogens with one attached hydrogen (secondary N) is 1. The Labute approximate surface area is 170 Å². The van der Waals surface area contributed by atoms with Gasteiger partial charge < -0.3 is 4.98 Å². The van der Waals surface area contributed by atoms with Crippen LogP contribution in [-0.4, -0.2) is 4.98 Å². The average molecular weight is 374 g/mol. The molecule has 0 aliphatic heterocycles. The maximum atomic E-state index is 3.48. The molecule has 0 bridgehead atoms. The van der Waals surface area contributed by atoms with Crippen LogP contribution in [0.15, 0.2) is 30.0 Å². The molecule has 0 saturated carbocycles. The monoisotopic (exact) mass is 373 g/mol. The second-order valence-corrected chi connectivity index (χ2v) is 8.45. The minimum absolute atomic E-state index is 0.597. The van der Waals surface area contributed by atoms with Gasteiger partial charge >= 0.3 is 0 Å². The lowest BCUT2D eigenvalue weighted by Gasteiger charge is -2.17. The summed E-state index contributed by atoms with van der Waals surface area (Å²) in [5.41, 5.74) is 2.99. The highest BCUT2D eigenvalue weighted by molar-refractivity contribution is 5.22. The molecule has 1 nitrogen and oxygen atoms in total. The van der Waals surface area contributed by atoms with E-state index >= 15 is 0 Å². The Morgan fingerprint density at radius 1 is 0.815 bits per heavy atom. The number of allylic oxidation sites excluding steroid dienone is 2. The van der Waals surface area contributed by atoms with Gasteiger partial charge in [0, 0.05) is 17.8 Å². The summed E-state index contributed by atoms with van der Waals surface area (Å²) in [6.07, 6.45) is 26.7. The quantitative estimate of drug-likeness (QED) is 0.195. The predicted octanol–water partition coefficient (Wildman–Crippen LogP) is 9.33. The third-order valence-electron chi connectivity index (χ3n) is 5.92. The summed E-state index contributed by atoms with van der Waals surface area (Å²) in [5.74, 6) is 0.597. The van der Waals surface area contributed by atoms with E-state index in [-0.39, 0.29) is 0 Å². The van der Waals surface area contributed by atoms with Gasteiger partial charge in [0.1, 0.15) is 0 Å². The van der Waals surface area contributed by atoms with E-state index in [2.05, 4.69) is 50.2 Å². The molecule has 0 aromatic carbocycles. The van der Waals surface area contributed by atoms with Crippen LogP contribution in [0.1, 0.15) is 135 Å². The number of hydrogen-bond donors (Lipinski definition) is 1. The number of unbranched alkanes of at least 4 members (excludes halogenated alkanes) is 13. The van der Waals surface area contributed by atoms with Crippen LogP contribution in [0.5, 0.6) is 0 Å². The van der Waals surface area contributed by atoms with Crippen LogP contribution in [0.4, 0.5) is 0 Å². The van der Waals surface area contributed by atoms with Gasteiger partial charge in [-0.25, -0.2) is 0 Å². The Morgan fingerprint density at radius 3 is 1.93 bits per heavy atom. The van der Waals surface area contributed by atoms with Crippen LogP contribution < -0.4 is 0 Å². The van der Waals surface area contributed by atoms with Gasteiger partial charge in [-0.3, -0.25) is 0 Å². The largest absolute Gasteiger partial charge is 0.364 e. The summed E-state index contributed by atoms with van der Waals surface area (Å²) >= 11 is 0. The van der Waals surface area contributed by atoms with Gasteiger partial charge in [-0.1, -0.05) is 109 Å². The first kappa shape index (κ1) is 24.1. The zero-order valence-corrected chi connectivity index (χ0v) is 18.7. The standard InChI is InChI=1S/C26H47N/c1-4-6-8-10-12-14-16-18-21-25(26-22-19-23-27-26)24(3)20-17-15-13-11-9-7-5-2/h19-20,22-23,25,27H,4-18,21H2,1-3H3. The fraction of sp³-hybridized carbons (Fsp3) is 0.769. The topological polar surface area (TPSA) is 15.8 Å². The second-order valence-electron chi connectivity index (χ2n) is 8.45. The van der Waals surface area contributed by atoms with Crippen molar-refractivity contribution in [1.29, 1.82) is 0 Å². The van der Waals surface area contributed by atoms with Gasteiger partial charge in [0.05, 0.1) is 0 Å². The molecule has 1 heteroatoms. The molecule has 1 aromatic heterocycles. The predicted molar refractivity (Wildman–Crippen MR) is 123 cm³/mol. The van der Waals surface area contributed by atoms with E-state index in [1.165, 1.54) is 108 Å². The zero-order valence-electron chi connectivity index (χ0n) is 18.7. The van der Waals surface area contributed by atoms with Gasteiger partial charge in [0.25, 0.3) is 0 Å². The first-order chi connectivity index (χ1) is 13.3. The van der Waals surface area contributed by atoms with Crippen molar-refractivity contribution in [3.05, 3.63) is 35.7 Å². The lowest BCUT2D eigenvalue weighted by atomic mass is 9.89. The molecule has 1 unspecified atom stereocenters. The van der Waals surface area contributed by atoms with E-state index in [0.717, 1.165) is 0 Å². The molecular formula is C26H47N. The SMILES string of the molecule is CCCCCCCCC=C(C)C(CCCCCCCCCC)c1ccc[nH]1. The maximum Gasteiger partial charge on any atom is 0.0219 e.